The number of carbonyl (C=O) groups excluding carboxylic acids is 1. The summed E-state index contributed by atoms with van der Waals surface area (Å²) in [4.78, 5) is 14.2. The number of nitrogens with one attached hydrogen (secondary N) is 2. The second kappa shape index (κ2) is 11.5. The average Bonchev–Trinajstić information content (AvgIpc) is 3.30. The Bertz CT molecular complexity index is 2040. The first-order valence-corrected chi connectivity index (χ1v) is 14.4. The smallest absolute Gasteiger partial charge is 0.352 e. The third-order valence-corrected chi connectivity index (χ3v) is 7.90. The van der Waals surface area contributed by atoms with Crippen LogP contribution in [-0.4, -0.2) is 10.2 Å². The van der Waals surface area contributed by atoms with Gasteiger partial charge in [-0.2, -0.15) is 26.3 Å². The van der Waals surface area contributed by atoms with Gasteiger partial charge in [-0.25, -0.2) is 0 Å². The number of benzene rings is 4. The van der Waals surface area contributed by atoms with Crippen LogP contribution in [-0.2, 0) is 12.4 Å². The highest BCUT2D eigenvalue weighted by Crippen LogP contribution is 2.44. The van der Waals surface area contributed by atoms with Gasteiger partial charge >= 0.3 is 12.4 Å². The molecular weight excluding hydrogens is 684 g/mol. The van der Waals surface area contributed by atoms with Gasteiger partial charge in [0.25, 0.3) is 0 Å². The van der Waals surface area contributed by atoms with Crippen molar-refractivity contribution >= 4 is 72.4 Å². The summed E-state index contributed by atoms with van der Waals surface area (Å²) in [6, 6.07) is 23.2. The number of ketones is 1. The minimum atomic E-state index is -5.07. The zero-order valence-electron chi connectivity index (χ0n) is 22.7. The van der Waals surface area contributed by atoms with E-state index in [9.17, 15) is 31.1 Å². The van der Waals surface area contributed by atoms with E-state index in [1.807, 2.05) is 12.1 Å². The van der Waals surface area contributed by atoms with Gasteiger partial charge < -0.3 is 15.0 Å². The Morgan fingerprint density at radius 2 is 1.31 bits per heavy atom. The van der Waals surface area contributed by atoms with Crippen molar-refractivity contribution in [3.63, 3.8) is 0 Å². The van der Waals surface area contributed by atoms with Crippen molar-refractivity contribution in [3.8, 4) is 0 Å². The van der Waals surface area contributed by atoms with Gasteiger partial charge in [-0.15, -0.1) is 0 Å². The monoisotopic (exact) mass is 701 g/mol. The molecule has 2 aromatic heterocycles. The van der Waals surface area contributed by atoms with Gasteiger partial charge in [-0.05, 0) is 78.2 Å². The number of alkyl halides is 6. The first kappa shape index (κ1) is 30.5. The number of hydrogen-bond acceptors (Lipinski definition) is 3. The zero-order valence-corrected chi connectivity index (χ0v) is 25.0. The van der Waals surface area contributed by atoms with Crippen LogP contribution in [0.2, 0.25) is 5.02 Å². The highest BCUT2D eigenvalue weighted by Gasteiger charge is 2.37. The summed E-state index contributed by atoms with van der Waals surface area (Å²) in [5.41, 5.74) is -2.08. The molecule has 12 heteroatoms. The third-order valence-electron chi connectivity index (χ3n) is 7.12. The van der Waals surface area contributed by atoms with Crippen LogP contribution in [0.3, 0.4) is 0 Å². The van der Waals surface area contributed by atoms with Crippen molar-refractivity contribution in [2.75, 3.05) is 10.6 Å². The fourth-order valence-electron chi connectivity index (χ4n) is 5.07. The van der Waals surface area contributed by atoms with Crippen molar-refractivity contribution in [2.45, 2.75) is 12.4 Å². The van der Waals surface area contributed by atoms with Crippen molar-refractivity contribution in [1.29, 1.82) is 0 Å². The predicted molar refractivity (Wildman–Crippen MR) is 167 cm³/mol. The Labute approximate surface area is 265 Å². The lowest BCUT2D eigenvalue weighted by atomic mass is 10.1. The number of carbonyl (C=O) groups is 1. The maximum atomic E-state index is 14.2. The number of nitrogens with zero attached hydrogens (tertiary/aromatic N) is 1. The number of fused-ring (bicyclic) bond motifs is 3. The minimum Gasteiger partial charge on any atom is -0.352 e. The fourth-order valence-corrected chi connectivity index (χ4v) is 5.46. The number of rotatable bonds is 6. The Morgan fingerprint density at radius 3 is 1.93 bits per heavy atom. The molecular formula is C33H19BrClF6N3O. The normalized spacial score (nSPS) is 12.1. The molecule has 0 atom stereocenters. The first-order chi connectivity index (χ1) is 21.3. The van der Waals surface area contributed by atoms with Crippen LogP contribution in [0.4, 0.5) is 49.1 Å². The summed E-state index contributed by atoms with van der Waals surface area (Å²) >= 11 is 9.41. The molecule has 0 bridgehead atoms. The number of aromatic nitrogens is 1. The van der Waals surface area contributed by atoms with Crippen molar-refractivity contribution in [1.82, 2.24) is 4.40 Å². The van der Waals surface area contributed by atoms with Crippen LogP contribution in [0.25, 0.3) is 16.3 Å². The molecule has 0 radical (unpaired) electrons. The van der Waals surface area contributed by atoms with E-state index in [0.717, 1.165) is 5.39 Å². The van der Waals surface area contributed by atoms with Crippen molar-refractivity contribution < 1.29 is 31.1 Å². The van der Waals surface area contributed by atoms with Gasteiger partial charge in [-0.1, -0.05) is 51.8 Å². The van der Waals surface area contributed by atoms with Crippen LogP contribution >= 0.6 is 27.5 Å². The molecule has 0 saturated heterocycles. The second-order valence-corrected chi connectivity index (χ2v) is 11.5. The lowest BCUT2D eigenvalue weighted by molar-refractivity contribution is -0.143. The van der Waals surface area contributed by atoms with E-state index in [4.69, 9.17) is 11.6 Å². The average molecular weight is 703 g/mol. The van der Waals surface area contributed by atoms with E-state index in [1.165, 1.54) is 0 Å². The quantitative estimate of drug-likeness (QED) is 0.134. The molecule has 0 amide bonds. The van der Waals surface area contributed by atoms with E-state index < -0.39 is 35.0 Å². The molecule has 4 aromatic carbocycles. The van der Waals surface area contributed by atoms with Crippen LogP contribution in [0.15, 0.2) is 108 Å². The van der Waals surface area contributed by atoms with E-state index in [1.54, 1.807) is 77.3 Å². The Kier molecular flexibility index (Phi) is 7.78. The maximum absolute atomic E-state index is 14.2. The predicted octanol–water partition coefficient (Wildman–Crippen LogP) is 11.3. The number of hydrogen-bond donors (Lipinski definition) is 2. The molecule has 0 saturated carbocycles. The molecule has 0 unspecified atom stereocenters. The Balaban J connectivity index is 1.67. The number of anilines is 4. The van der Waals surface area contributed by atoms with Crippen molar-refractivity contribution in [3.05, 3.63) is 135 Å². The molecule has 228 valence electrons. The lowest BCUT2D eigenvalue weighted by Crippen LogP contribution is -2.12. The molecule has 6 rings (SSSR count). The SMILES string of the molecule is O=C(c1ccc(Br)cc1)c1c(Nc2cc(C(F)(F)F)cc(C(F)(F)F)c2)c(Nc2ccc(Cl)cc2)c2c3ccccc3ccn12. The molecule has 2 heterocycles. The largest absolute Gasteiger partial charge is 0.416 e. The zero-order chi connectivity index (χ0) is 32.1. The summed E-state index contributed by atoms with van der Waals surface area (Å²) in [5, 5.41) is 7.92. The lowest BCUT2D eigenvalue weighted by Gasteiger charge is -2.17. The van der Waals surface area contributed by atoms with E-state index in [-0.39, 0.29) is 28.7 Å². The second-order valence-electron chi connectivity index (χ2n) is 10.1. The minimum absolute atomic E-state index is 0.0134. The third kappa shape index (κ3) is 6.10. The van der Waals surface area contributed by atoms with Gasteiger partial charge in [0.15, 0.2) is 0 Å². The molecule has 0 aliphatic carbocycles. The first-order valence-electron chi connectivity index (χ1n) is 13.2. The molecule has 4 nitrogen and oxygen atoms in total. The van der Waals surface area contributed by atoms with E-state index in [2.05, 4.69) is 26.6 Å². The molecule has 0 aliphatic rings. The summed E-state index contributed by atoms with van der Waals surface area (Å²) in [6.07, 6.45) is -8.51. The molecule has 6 aromatic rings. The van der Waals surface area contributed by atoms with E-state index in [0.29, 0.717) is 38.2 Å². The summed E-state index contributed by atoms with van der Waals surface area (Å²) in [6.45, 7) is 0. The molecule has 0 spiro atoms. The molecule has 45 heavy (non-hydrogen) atoms. The number of pyridine rings is 1. The standard InChI is InChI=1S/C33H19BrClF6N3O/c34-22-7-5-19(6-8-22)31(45)30-28(43-25-16-20(32(36,37)38)15-21(17-25)33(39,40)41)27(42-24-11-9-23(35)10-12-24)29-26-4-2-1-3-18(26)13-14-44(29)30/h1-17,42-43H. The maximum Gasteiger partial charge on any atom is 0.416 e. The molecule has 0 fully saturated rings. The highest BCUT2D eigenvalue weighted by atomic mass is 79.9. The van der Waals surface area contributed by atoms with Crippen LogP contribution in [0.5, 0.6) is 0 Å². The van der Waals surface area contributed by atoms with Gasteiger partial charge in [0.05, 0.1) is 28.0 Å². The highest BCUT2D eigenvalue weighted by molar-refractivity contribution is 9.10. The van der Waals surface area contributed by atoms with Crippen LogP contribution < -0.4 is 10.6 Å². The van der Waals surface area contributed by atoms with Gasteiger partial charge in [0.1, 0.15) is 5.69 Å². The van der Waals surface area contributed by atoms with Crippen molar-refractivity contribution in [2.24, 2.45) is 0 Å². The van der Waals surface area contributed by atoms with Gasteiger partial charge in [0, 0.05) is 38.0 Å². The van der Waals surface area contributed by atoms with Crippen LogP contribution in [0, 0.1) is 0 Å². The Hall–Kier alpha value is -4.48. The van der Waals surface area contributed by atoms with E-state index >= 15 is 0 Å². The molecule has 0 aliphatic heterocycles. The van der Waals surface area contributed by atoms with Crippen LogP contribution in [0.1, 0.15) is 27.2 Å². The van der Waals surface area contributed by atoms with Gasteiger partial charge in [0.2, 0.25) is 5.78 Å². The summed E-state index contributed by atoms with van der Waals surface area (Å²) in [7, 11) is 0. The summed E-state index contributed by atoms with van der Waals surface area (Å²) < 4.78 is 85.1. The topological polar surface area (TPSA) is 45.5 Å². The Morgan fingerprint density at radius 1 is 0.711 bits per heavy atom. The number of halogens is 8. The van der Waals surface area contributed by atoms with Gasteiger partial charge in [-0.3, -0.25) is 4.79 Å². The summed E-state index contributed by atoms with van der Waals surface area (Å²) in [5.74, 6) is -0.526. The molecule has 2 N–H and O–H groups in total. The fraction of sp³-hybridized carbons (Fsp3) is 0.0606.